The van der Waals surface area contributed by atoms with E-state index in [0.29, 0.717) is 18.7 Å². The van der Waals surface area contributed by atoms with E-state index in [1.54, 1.807) is 16.2 Å². The molecule has 5 nitrogen and oxygen atoms in total. The van der Waals surface area contributed by atoms with Crippen molar-refractivity contribution in [1.82, 2.24) is 10.2 Å². The zero-order valence-corrected chi connectivity index (χ0v) is 16.8. The molecule has 144 valence electrons. The third kappa shape index (κ3) is 3.13. The molecule has 0 unspecified atom stereocenters. The van der Waals surface area contributed by atoms with Gasteiger partial charge in [0.2, 0.25) is 0 Å². The number of piperazine rings is 1. The van der Waals surface area contributed by atoms with Gasteiger partial charge in [-0.3, -0.25) is 4.79 Å². The van der Waals surface area contributed by atoms with Gasteiger partial charge in [0.15, 0.2) is 9.84 Å². The van der Waals surface area contributed by atoms with Crippen molar-refractivity contribution >= 4 is 37.9 Å². The largest absolute Gasteiger partial charge is 0.332 e. The van der Waals surface area contributed by atoms with Crippen LogP contribution < -0.4 is 5.32 Å². The van der Waals surface area contributed by atoms with Crippen LogP contribution in [0.2, 0.25) is 0 Å². The van der Waals surface area contributed by atoms with Gasteiger partial charge in [0.1, 0.15) is 0 Å². The summed E-state index contributed by atoms with van der Waals surface area (Å²) in [5, 5.41) is 9.53. The maximum Gasteiger partial charge on any atom is 0.254 e. The molecule has 1 amide bonds. The molecule has 2 saturated heterocycles. The number of amides is 1. The summed E-state index contributed by atoms with van der Waals surface area (Å²) in [7, 11) is -3.09. The molecule has 0 spiro atoms. The van der Waals surface area contributed by atoms with Crippen LogP contribution in [0.15, 0.2) is 53.2 Å². The van der Waals surface area contributed by atoms with Gasteiger partial charge in [-0.1, -0.05) is 18.2 Å². The lowest BCUT2D eigenvalue weighted by molar-refractivity contribution is 0.0621. The molecule has 1 N–H and O–H groups in total. The van der Waals surface area contributed by atoms with E-state index in [9.17, 15) is 13.2 Å². The van der Waals surface area contributed by atoms with Crippen molar-refractivity contribution in [3.8, 4) is 11.1 Å². The lowest BCUT2D eigenvalue weighted by Gasteiger charge is -2.37. The number of benzene rings is 2. The van der Waals surface area contributed by atoms with Crippen molar-refractivity contribution in [2.24, 2.45) is 0 Å². The smallest absolute Gasteiger partial charge is 0.254 e. The minimum absolute atomic E-state index is 0.0496. The van der Waals surface area contributed by atoms with Crippen molar-refractivity contribution in [3.63, 3.8) is 0 Å². The Bertz CT molecular complexity index is 1160. The second-order valence-electron chi connectivity index (χ2n) is 7.49. The summed E-state index contributed by atoms with van der Waals surface area (Å²) >= 11 is 1.67. The first-order valence-electron chi connectivity index (χ1n) is 9.31. The zero-order chi connectivity index (χ0) is 19.3. The van der Waals surface area contributed by atoms with Gasteiger partial charge in [-0.15, -0.1) is 0 Å². The first-order chi connectivity index (χ1) is 13.5. The van der Waals surface area contributed by atoms with E-state index in [0.717, 1.165) is 16.3 Å². The van der Waals surface area contributed by atoms with Crippen LogP contribution >= 0.6 is 11.3 Å². The maximum atomic E-state index is 13.2. The Kier molecular flexibility index (Phi) is 4.26. The fraction of sp³-hybridized carbons (Fsp3) is 0.286. The van der Waals surface area contributed by atoms with Gasteiger partial charge < -0.3 is 10.2 Å². The summed E-state index contributed by atoms with van der Waals surface area (Å²) in [5.74, 6) is 0.0795. The number of nitrogens with one attached hydrogen (secondary N) is 1. The molecule has 0 aliphatic carbocycles. The van der Waals surface area contributed by atoms with Crippen LogP contribution in [0.4, 0.5) is 0 Å². The Morgan fingerprint density at radius 1 is 1.04 bits per heavy atom. The molecule has 2 atom stereocenters. The third-order valence-corrected chi connectivity index (χ3v) is 8.08. The monoisotopic (exact) mass is 412 g/mol. The average Bonchev–Trinajstić information content (AvgIpc) is 3.32. The third-order valence-electron chi connectivity index (χ3n) is 5.68. The molecule has 3 heterocycles. The van der Waals surface area contributed by atoms with Gasteiger partial charge in [-0.2, -0.15) is 11.3 Å². The molecule has 0 saturated carbocycles. The van der Waals surface area contributed by atoms with Crippen LogP contribution in [0.25, 0.3) is 21.9 Å². The van der Waals surface area contributed by atoms with E-state index in [1.807, 2.05) is 24.3 Å². The molecule has 0 bridgehead atoms. The van der Waals surface area contributed by atoms with E-state index < -0.39 is 9.84 Å². The second-order valence-corrected chi connectivity index (χ2v) is 10.4. The average molecular weight is 413 g/mol. The molecule has 1 aromatic heterocycles. The van der Waals surface area contributed by atoms with Crippen molar-refractivity contribution < 1.29 is 13.2 Å². The lowest BCUT2D eigenvalue weighted by atomic mass is 10.00. The highest BCUT2D eigenvalue weighted by Crippen LogP contribution is 2.28. The Balaban J connectivity index is 1.45. The van der Waals surface area contributed by atoms with Gasteiger partial charge in [0.05, 0.1) is 17.5 Å². The number of carbonyl (C=O) groups excluding carboxylic acids is 1. The first-order valence-corrected chi connectivity index (χ1v) is 12.1. The number of hydrogen-bond acceptors (Lipinski definition) is 5. The molecular weight excluding hydrogens is 392 g/mol. The van der Waals surface area contributed by atoms with Crippen LogP contribution in [0, 0.1) is 0 Å². The number of nitrogens with zero attached hydrogens (tertiary/aromatic N) is 1. The summed E-state index contributed by atoms with van der Waals surface area (Å²) in [6.45, 7) is 1.16. The fourth-order valence-corrected chi connectivity index (χ4v) is 6.89. The van der Waals surface area contributed by atoms with Crippen molar-refractivity contribution in [1.29, 1.82) is 0 Å². The number of carbonyl (C=O) groups is 1. The number of hydrogen-bond donors (Lipinski definition) is 1. The van der Waals surface area contributed by atoms with Crippen LogP contribution in [-0.4, -0.2) is 55.9 Å². The highest BCUT2D eigenvalue weighted by molar-refractivity contribution is 7.91. The first kappa shape index (κ1) is 17.8. The number of rotatable bonds is 2. The van der Waals surface area contributed by atoms with Crippen molar-refractivity contribution in [2.45, 2.75) is 12.1 Å². The topological polar surface area (TPSA) is 66.5 Å². The second kappa shape index (κ2) is 6.69. The Hall–Kier alpha value is -2.22. The van der Waals surface area contributed by atoms with Crippen LogP contribution in [0.3, 0.4) is 0 Å². The zero-order valence-electron chi connectivity index (χ0n) is 15.2. The predicted octanol–water partition coefficient (Wildman–Crippen LogP) is 2.78. The molecule has 2 aliphatic rings. The van der Waals surface area contributed by atoms with Gasteiger partial charge in [0.25, 0.3) is 5.91 Å². The van der Waals surface area contributed by atoms with Gasteiger partial charge in [-0.25, -0.2) is 8.42 Å². The highest BCUT2D eigenvalue weighted by Gasteiger charge is 2.44. The molecular formula is C21H20N2O3S2. The number of thiophene rings is 1. The minimum atomic E-state index is -3.09. The normalized spacial score (nSPS) is 23.6. The van der Waals surface area contributed by atoms with E-state index in [4.69, 9.17) is 0 Å². The Morgan fingerprint density at radius 2 is 1.86 bits per heavy atom. The van der Waals surface area contributed by atoms with E-state index in [1.165, 1.54) is 5.56 Å². The number of fused-ring (bicyclic) bond motifs is 2. The van der Waals surface area contributed by atoms with E-state index in [-0.39, 0.29) is 29.5 Å². The van der Waals surface area contributed by atoms with Crippen LogP contribution in [-0.2, 0) is 9.84 Å². The minimum Gasteiger partial charge on any atom is -0.332 e. The standard InChI is InChI=1S/C21H20N2O3S2/c24-21(23-7-6-22-19-12-28(25,26)13-20(19)23)17-4-3-14-9-16(2-1-15(14)10-17)18-5-8-27-11-18/h1-5,8-11,19-20,22H,6-7,12-13H2/t19-,20+/m1/s1. The summed E-state index contributed by atoms with van der Waals surface area (Å²) in [5.41, 5.74) is 2.97. The quantitative estimate of drug-likeness (QED) is 0.703. The highest BCUT2D eigenvalue weighted by atomic mass is 32.2. The summed E-state index contributed by atoms with van der Waals surface area (Å²) < 4.78 is 24.1. The summed E-state index contributed by atoms with van der Waals surface area (Å²) in [6, 6.07) is 13.7. The fourth-order valence-electron chi connectivity index (χ4n) is 4.27. The number of sulfone groups is 1. The maximum absolute atomic E-state index is 13.2. The Labute approximate surface area is 167 Å². The molecule has 2 aromatic carbocycles. The molecule has 5 rings (SSSR count). The van der Waals surface area contributed by atoms with Gasteiger partial charge >= 0.3 is 0 Å². The van der Waals surface area contributed by atoms with Gasteiger partial charge in [-0.05, 0) is 56.9 Å². The summed E-state index contributed by atoms with van der Waals surface area (Å²) in [6.07, 6.45) is 0. The Morgan fingerprint density at radius 3 is 2.68 bits per heavy atom. The molecule has 28 heavy (non-hydrogen) atoms. The molecule has 7 heteroatoms. The van der Waals surface area contributed by atoms with E-state index >= 15 is 0 Å². The molecule has 2 aliphatic heterocycles. The molecule has 0 radical (unpaired) electrons. The summed E-state index contributed by atoms with van der Waals surface area (Å²) in [4.78, 5) is 14.9. The predicted molar refractivity (Wildman–Crippen MR) is 113 cm³/mol. The van der Waals surface area contributed by atoms with Crippen LogP contribution in [0.5, 0.6) is 0 Å². The molecule has 3 aromatic rings. The van der Waals surface area contributed by atoms with E-state index in [2.05, 4.69) is 34.3 Å². The van der Waals surface area contributed by atoms with Crippen molar-refractivity contribution in [3.05, 3.63) is 58.8 Å². The van der Waals surface area contributed by atoms with Crippen molar-refractivity contribution in [2.75, 3.05) is 24.6 Å². The van der Waals surface area contributed by atoms with Crippen LogP contribution in [0.1, 0.15) is 10.4 Å². The molecule has 2 fully saturated rings. The van der Waals surface area contributed by atoms with Gasteiger partial charge in [0, 0.05) is 24.7 Å². The SMILES string of the molecule is O=C(c1ccc2cc(-c3ccsc3)ccc2c1)N1CCN[C@@H]2CS(=O)(=O)C[C@@H]21. The lowest BCUT2D eigenvalue weighted by Crippen LogP contribution is -2.59.